The van der Waals surface area contributed by atoms with E-state index in [0.717, 1.165) is 0 Å². The van der Waals surface area contributed by atoms with E-state index in [0.29, 0.717) is 29.0 Å². The zero-order chi connectivity index (χ0) is 24.8. The molecular weight excluding hydrogens is 444 g/mol. The standard InChI is InChI=1S/C29H24O6/c1-2-27(34-21-13-15-23(25(30)17-21)28(32)19-9-5-3-6-10-19)35-22-14-16-24(26(31)18-22)29(33)20-11-7-4-8-12-20/h3-18,27,30-31H,2H2,1H3. The molecule has 0 spiro atoms. The molecule has 0 heterocycles. The summed E-state index contributed by atoms with van der Waals surface area (Å²) in [7, 11) is 0. The molecule has 6 heteroatoms. The lowest BCUT2D eigenvalue weighted by Crippen LogP contribution is -2.23. The van der Waals surface area contributed by atoms with Gasteiger partial charge in [-0.1, -0.05) is 67.6 Å². The number of rotatable bonds is 9. The Hall–Kier alpha value is -4.58. The number of ether oxygens (including phenoxy) is 2. The minimum atomic E-state index is -0.736. The topological polar surface area (TPSA) is 93.1 Å². The average molecular weight is 469 g/mol. The number of aromatic hydroxyl groups is 2. The fourth-order valence-electron chi connectivity index (χ4n) is 3.54. The van der Waals surface area contributed by atoms with Crippen LogP contribution in [-0.4, -0.2) is 28.1 Å². The van der Waals surface area contributed by atoms with Gasteiger partial charge in [-0.25, -0.2) is 0 Å². The van der Waals surface area contributed by atoms with Crippen LogP contribution in [0.1, 0.15) is 45.2 Å². The molecule has 0 aromatic heterocycles. The van der Waals surface area contributed by atoms with E-state index in [9.17, 15) is 19.8 Å². The van der Waals surface area contributed by atoms with Crippen molar-refractivity contribution >= 4 is 11.6 Å². The Morgan fingerprint density at radius 2 is 1.06 bits per heavy atom. The second-order valence-electron chi connectivity index (χ2n) is 7.82. The number of phenols is 2. The molecule has 4 rings (SSSR count). The van der Waals surface area contributed by atoms with Crippen LogP contribution < -0.4 is 9.47 Å². The summed E-state index contributed by atoms with van der Waals surface area (Å²) >= 11 is 0. The number of hydrogen-bond donors (Lipinski definition) is 2. The molecule has 35 heavy (non-hydrogen) atoms. The first kappa shape index (κ1) is 23.6. The van der Waals surface area contributed by atoms with Crippen molar-refractivity contribution in [3.8, 4) is 23.0 Å². The van der Waals surface area contributed by atoms with E-state index in [1.807, 2.05) is 19.1 Å². The molecule has 176 valence electrons. The Labute approximate surface area is 203 Å². The van der Waals surface area contributed by atoms with Crippen LogP contribution >= 0.6 is 0 Å². The first-order valence-electron chi connectivity index (χ1n) is 11.1. The van der Waals surface area contributed by atoms with Gasteiger partial charge in [-0.3, -0.25) is 9.59 Å². The minimum absolute atomic E-state index is 0.168. The van der Waals surface area contributed by atoms with Crippen LogP contribution in [0.25, 0.3) is 0 Å². The van der Waals surface area contributed by atoms with Gasteiger partial charge < -0.3 is 19.7 Å². The highest BCUT2D eigenvalue weighted by atomic mass is 16.7. The molecule has 0 bridgehead atoms. The van der Waals surface area contributed by atoms with Crippen molar-refractivity contribution in [3.63, 3.8) is 0 Å². The summed E-state index contributed by atoms with van der Waals surface area (Å²) in [6.45, 7) is 1.85. The van der Waals surface area contributed by atoms with Crippen molar-refractivity contribution in [2.45, 2.75) is 19.6 Å². The van der Waals surface area contributed by atoms with Crippen LogP contribution in [0.5, 0.6) is 23.0 Å². The van der Waals surface area contributed by atoms with E-state index in [4.69, 9.17) is 9.47 Å². The number of carbonyl (C=O) groups is 2. The quantitative estimate of drug-likeness (QED) is 0.240. The lowest BCUT2D eigenvalue weighted by molar-refractivity contribution is 0.00307. The molecule has 0 atom stereocenters. The van der Waals surface area contributed by atoms with Crippen molar-refractivity contribution in [3.05, 3.63) is 119 Å². The zero-order valence-electron chi connectivity index (χ0n) is 19.0. The van der Waals surface area contributed by atoms with Crippen LogP contribution in [0.2, 0.25) is 0 Å². The van der Waals surface area contributed by atoms with E-state index in [1.54, 1.807) is 60.7 Å². The van der Waals surface area contributed by atoms with Gasteiger partial charge in [0.15, 0.2) is 11.6 Å². The summed E-state index contributed by atoms with van der Waals surface area (Å²) in [6, 6.07) is 26.3. The third kappa shape index (κ3) is 5.50. The van der Waals surface area contributed by atoms with Crippen LogP contribution in [0, 0.1) is 0 Å². The normalized spacial score (nSPS) is 10.7. The summed E-state index contributed by atoms with van der Waals surface area (Å²) in [6.07, 6.45) is -0.281. The van der Waals surface area contributed by atoms with Gasteiger partial charge in [0.05, 0.1) is 11.1 Å². The molecule has 0 radical (unpaired) electrons. The van der Waals surface area contributed by atoms with Gasteiger partial charge in [-0.15, -0.1) is 0 Å². The van der Waals surface area contributed by atoms with Crippen molar-refractivity contribution in [2.75, 3.05) is 0 Å². The first-order valence-corrected chi connectivity index (χ1v) is 11.1. The summed E-state index contributed by atoms with van der Waals surface area (Å²) in [5.74, 6) is -0.351. The molecule has 0 amide bonds. The predicted molar refractivity (Wildman–Crippen MR) is 131 cm³/mol. The first-order chi connectivity index (χ1) is 17.0. The molecule has 4 aromatic rings. The molecule has 0 aliphatic heterocycles. The molecule has 0 unspecified atom stereocenters. The van der Waals surface area contributed by atoms with Crippen LogP contribution in [0.4, 0.5) is 0 Å². The summed E-state index contributed by atoms with van der Waals surface area (Å²) < 4.78 is 11.7. The van der Waals surface area contributed by atoms with Crippen LogP contribution in [0.3, 0.4) is 0 Å². The second kappa shape index (κ2) is 10.6. The zero-order valence-corrected chi connectivity index (χ0v) is 19.0. The van der Waals surface area contributed by atoms with E-state index < -0.39 is 6.29 Å². The van der Waals surface area contributed by atoms with E-state index in [2.05, 4.69) is 0 Å². The largest absolute Gasteiger partial charge is 0.507 e. The van der Waals surface area contributed by atoms with Crippen molar-refractivity contribution < 1.29 is 29.3 Å². The highest BCUT2D eigenvalue weighted by Crippen LogP contribution is 2.29. The summed E-state index contributed by atoms with van der Waals surface area (Å²) in [5.41, 5.74) is 1.28. The minimum Gasteiger partial charge on any atom is -0.507 e. The Morgan fingerprint density at radius 3 is 1.40 bits per heavy atom. The highest BCUT2D eigenvalue weighted by Gasteiger charge is 2.18. The number of phenolic OH excluding ortho intramolecular Hbond substituents is 2. The number of ketones is 2. The maximum absolute atomic E-state index is 12.6. The van der Waals surface area contributed by atoms with Crippen molar-refractivity contribution in [1.29, 1.82) is 0 Å². The highest BCUT2D eigenvalue weighted by molar-refractivity contribution is 6.11. The fraction of sp³-hybridized carbons (Fsp3) is 0.103. The maximum atomic E-state index is 12.6. The molecule has 2 N–H and O–H groups in total. The molecule has 6 nitrogen and oxygen atoms in total. The number of benzene rings is 4. The van der Waals surface area contributed by atoms with Gasteiger partial charge in [-0.2, -0.15) is 0 Å². The molecule has 0 fully saturated rings. The Bertz CT molecular complexity index is 1230. The molecule has 0 saturated carbocycles. The second-order valence-corrected chi connectivity index (χ2v) is 7.82. The third-order valence-corrected chi connectivity index (χ3v) is 5.37. The van der Waals surface area contributed by atoms with E-state index in [-0.39, 0.29) is 34.2 Å². The summed E-state index contributed by atoms with van der Waals surface area (Å²) in [5, 5.41) is 20.8. The monoisotopic (exact) mass is 468 g/mol. The van der Waals surface area contributed by atoms with Gasteiger partial charge in [-0.05, 0) is 24.3 Å². The third-order valence-electron chi connectivity index (χ3n) is 5.37. The predicted octanol–water partition coefficient (Wildman–Crippen LogP) is 5.75. The lowest BCUT2D eigenvalue weighted by atomic mass is 10.0. The maximum Gasteiger partial charge on any atom is 0.240 e. The average Bonchev–Trinajstić information content (AvgIpc) is 2.89. The van der Waals surface area contributed by atoms with E-state index >= 15 is 0 Å². The Balaban J connectivity index is 1.45. The molecule has 0 aliphatic rings. The smallest absolute Gasteiger partial charge is 0.240 e. The Morgan fingerprint density at radius 1 is 0.657 bits per heavy atom. The lowest BCUT2D eigenvalue weighted by Gasteiger charge is -2.20. The van der Waals surface area contributed by atoms with Gasteiger partial charge in [0.25, 0.3) is 0 Å². The summed E-state index contributed by atoms with van der Waals surface area (Å²) in [4.78, 5) is 25.2. The van der Waals surface area contributed by atoms with Gasteiger partial charge in [0, 0.05) is 29.7 Å². The Kier molecular flexibility index (Phi) is 7.12. The molecular formula is C29H24O6. The number of hydrogen-bond acceptors (Lipinski definition) is 6. The fourth-order valence-corrected chi connectivity index (χ4v) is 3.54. The van der Waals surface area contributed by atoms with E-state index in [1.165, 1.54) is 24.3 Å². The van der Waals surface area contributed by atoms with Crippen LogP contribution in [-0.2, 0) is 0 Å². The van der Waals surface area contributed by atoms with Crippen molar-refractivity contribution in [1.82, 2.24) is 0 Å². The van der Waals surface area contributed by atoms with Gasteiger partial charge >= 0.3 is 0 Å². The van der Waals surface area contributed by atoms with Crippen LogP contribution in [0.15, 0.2) is 97.1 Å². The molecule has 4 aromatic carbocycles. The van der Waals surface area contributed by atoms with Gasteiger partial charge in [0.1, 0.15) is 23.0 Å². The number of carbonyl (C=O) groups excluding carboxylic acids is 2. The molecule has 0 saturated heterocycles. The molecule has 0 aliphatic carbocycles. The van der Waals surface area contributed by atoms with Gasteiger partial charge in [0.2, 0.25) is 6.29 Å². The SMILES string of the molecule is CCC(Oc1ccc(C(=O)c2ccccc2)c(O)c1)Oc1ccc(C(=O)c2ccccc2)c(O)c1. The van der Waals surface area contributed by atoms with Crippen molar-refractivity contribution in [2.24, 2.45) is 0 Å².